The molecule has 2 aromatic rings. The van der Waals surface area contributed by atoms with Gasteiger partial charge >= 0.3 is 0 Å². The Morgan fingerprint density at radius 1 is 0.933 bits per heavy atom. The zero-order chi connectivity index (χ0) is 10.3. The van der Waals surface area contributed by atoms with Gasteiger partial charge in [-0.25, -0.2) is 0 Å². The summed E-state index contributed by atoms with van der Waals surface area (Å²) in [5.74, 6) is 0. The van der Waals surface area contributed by atoms with E-state index in [-0.39, 0.29) is 0 Å². The molecule has 1 aromatic heterocycles. The first-order valence-electron chi connectivity index (χ1n) is 4.94. The molecule has 1 aliphatic rings. The summed E-state index contributed by atoms with van der Waals surface area (Å²) in [6.07, 6.45) is 1.83. The summed E-state index contributed by atoms with van der Waals surface area (Å²) in [6, 6.07) is 12.3. The minimum Gasteiger partial charge on any atom is -0.287 e. The molecule has 15 heavy (non-hydrogen) atoms. The van der Waals surface area contributed by atoms with Gasteiger partial charge in [0, 0.05) is 29.9 Å². The molecule has 2 heteroatoms. The summed E-state index contributed by atoms with van der Waals surface area (Å²) in [4.78, 5) is 8.76. The Bertz CT molecular complexity index is 508. The molecular weight excluding hydrogens is 184 g/mol. The Hall–Kier alpha value is -1.96. The van der Waals surface area contributed by atoms with Crippen molar-refractivity contribution in [2.75, 3.05) is 7.05 Å². The second kappa shape index (κ2) is 3.02. The quantitative estimate of drug-likeness (QED) is 0.540. The minimum atomic E-state index is 1.05. The minimum absolute atomic E-state index is 1.05. The molecule has 0 spiro atoms. The topological polar surface area (TPSA) is 25.2 Å². The van der Waals surface area contributed by atoms with E-state index in [9.17, 15) is 0 Å². The molecule has 0 unspecified atom stereocenters. The van der Waals surface area contributed by atoms with Crippen LogP contribution in [0.4, 0.5) is 0 Å². The van der Waals surface area contributed by atoms with Gasteiger partial charge in [-0.3, -0.25) is 9.98 Å². The lowest BCUT2D eigenvalue weighted by Gasteiger charge is -1.97. The third kappa shape index (κ3) is 1.05. The van der Waals surface area contributed by atoms with Crippen molar-refractivity contribution in [1.29, 1.82) is 0 Å². The average Bonchev–Trinajstić information content (AvgIpc) is 2.63. The zero-order valence-corrected chi connectivity index (χ0v) is 8.44. The number of benzene rings is 1. The molecule has 0 atom stereocenters. The number of fused-ring (bicyclic) bond motifs is 3. The summed E-state index contributed by atoms with van der Waals surface area (Å²) >= 11 is 0. The SMILES string of the molecule is CN=C1c2ccccc2-c2ncccc21. The highest BCUT2D eigenvalue weighted by atomic mass is 14.7. The van der Waals surface area contributed by atoms with Gasteiger partial charge in [-0.2, -0.15) is 0 Å². The van der Waals surface area contributed by atoms with Crippen LogP contribution < -0.4 is 0 Å². The van der Waals surface area contributed by atoms with E-state index in [4.69, 9.17) is 0 Å². The molecule has 0 radical (unpaired) electrons. The van der Waals surface area contributed by atoms with Crippen LogP contribution in [-0.4, -0.2) is 17.7 Å². The molecule has 0 N–H and O–H groups in total. The van der Waals surface area contributed by atoms with Gasteiger partial charge in [0.05, 0.1) is 11.4 Å². The van der Waals surface area contributed by atoms with Gasteiger partial charge in [-0.05, 0) is 12.1 Å². The van der Waals surface area contributed by atoms with E-state index >= 15 is 0 Å². The van der Waals surface area contributed by atoms with Crippen molar-refractivity contribution in [3.63, 3.8) is 0 Å². The maximum absolute atomic E-state index is 4.42. The summed E-state index contributed by atoms with van der Waals surface area (Å²) in [5, 5.41) is 0. The third-order valence-corrected chi connectivity index (χ3v) is 2.72. The van der Waals surface area contributed by atoms with Crippen molar-refractivity contribution >= 4 is 5.71 Å². The first-order valence-corrected chi connectivity index (χ1v) is 4.94. The van der Waals surface area contributed by atoms with Crippen molar-refractivity contribution in [3.8, 4) is 11.3 Å². The first kappa shape index (κ1) is 8.36. The molecule has 2 nitrogen and oxygen atoms in total. The Balaban J connectivity index is 2.41. The molecule has 0 aliphatic heterocycles. The van der Waals surface area contributed by atoms with Crippen LogP contribution in [0.2, 0.25) is 0 Å². The van der Waals surface area contributed by atoms with Crippen molar-refractivity contribution in [3.05, 3.63) is 53.7 Å². The van der Waals surface area contributed by atoms with Gasteiger partial charge in [0.1, 0.15) is 0 Å². The van der Waals surface area contributed by atoms with E-state index in [2.05, 4.69) is 28.2 Å². The number of aromatic nitrogens is 1. The first-order chi connectivity index (χ1) is 7.42. The van der Waals surface area contributed by atoms with Crippen LogP contribution in [0.15, 0.2) is 47.6 Å². The third-order valence-electron chi connectivity index (χ3n) is 2.72. The van der Waals surface area contributed by atoms with Crippen molar-refractivity contribution in [2.45, 2.75) is 0 Å². The number of pyridine rings is 1. The van der Waals surface area contributed by atoms with Gasteiger partial charge in [0.15, 0.2) is 0 Å². The number of nitrogens with zero attached hydrogens (tertiary/aromatic N) is 2. The van der Waals surface area contributed by atoms with Gasteiger partial charge in [0.25, 0.3) is 0 Å². The van der Waals surface area contributed by atoms with Crippen LogP contribution in [0.1, 0.15) is 11.1 Å². The largest absolute Gasteiger partial charge is 0.287 e. The van der Waals surface area contributed by atoms with Crippen molar-refractivity contribution in [1.82, 2.24) is 4.98 Å². The highest BCUT2D eigenvalue weighted by Gasteiger charge is 2.24. The van der Waals surface area contributed by atoms with Crippen LogP contribution in [-0.2, 0) is 0 Å². The van der Waals surface area contributed by atoms with Crippen molar-refractivity contribution in [2.24, 2.45) is 4.99 Å². The second-order valence-electron chi connectivity index (χ2n) is 3.52. The van der Waals surface area contributed by atoms with Crippen LogP contribution in [0.25, 0.3) is 11.3 Å². The molecule has 72 valence electrons. The van der Waals surface area contributed by atoms with Crippen LogP contribution >= 0.6 is 0 Å². The fourth-order valence-electron chi connectivity index (χ4n) is 2.09. The highest BCUT2D eigenvalue weighted by molar-refractivity contribution is 6.23. The molecule has 0 amide bonds. The normalized spacial score (nSPS) is 15.1. The van der Waals surface area contributed by atoms with Crippen molar-refractivity contribution < 1.29 is 0 Å². The summed E-state index contributed by atoms with van der Waals surface area (Å²) < 4.78 is 0. The predicted octanol–water partition coefficient (Wildman–Crippen LogP) is 2.53. The number of hydrogen-bond acceptors (Lipinski definition) is 2. The van der Waals surface area contributed by atoms with E-state index < -0.39 is 0 Å². The Morgan fingerprint density at radius 2 is 1.67 bits per heavy atom. The van der Waals surface area contributed by atoms with Crippen LogP contribution in [0.5, 0.6) is 0 Å². The Labute approximate surface area is 88.3 Å². The standard InChI is InChI=1S/C13H10N2/c1-14-12-9-5-2-3-6-10(9)13-11(12)7-4-8-15-13/h2-8H,1H3. The lowest BCUT2D eigenvalue weighted by Crippen LogP contribution is -1.97. The Kier molecular flexibility index (Phi) is 1.68. The van der Waals surface area contributed by atoms with Gasteiger partial charge in [-0.1, -0.05) is 24.3 Å². The lowest BCUT2D eigenvalue weighted by molar-refractivity contribution is 1.33. The molecule has 1 heterocycles. The smallest absolute Gasteiger partial charge is 0.0802 e. The highest BCUT2D eigenvalue weighted by Crippen LogP contribution is 2.34. The predicted molar refractivity (Wildman–Crippen MR) is 61.2 cm³/mol. The lowest BCUT2D eigenvalue weighted by atomic mass is 10.1. The second-order valence-corrected chi connectivity index (χ2v) is 3.52. The molecule has 0 saturated heterocycles. The molecule has 3 rings (SSSR count). The zero-order valence-electron chi connectivity index (χ0n) is 8.44. The van der Waals surface area contributed by atoms with E-state index in [1.165, 1.54) is 11.1 Å². The van der Waals surface area contributed by atoms with Gasteiger partial charge in [0.2, 0.25) is 0 Å². The fourth-order valence-corrected chi connectivity index (χ4v) is 2.09. The van der Waals surface area contributed by atoms with Crippen LogP contribution in [0.3, 0.4) is 0 Å². The van der Waals surface area contributed by atoms with Gasteiger partial charge < -0.3 is 0 Å². The molecule has 0 saturated carbocycles. The average molecular weight is 194 g/mol. The molecule has 1 aromatic carbocycles. The maximum atomic E-state index is 4.42. The summed E-state index contributed by atoms with van der Waals surface area (Å²) in [5.41, 5.74) is 5.62. The number of hydrogen-bond donors (Lipinski definition) is 0. The van der Waals surface area contributed by atoms with Gasteiger partial charge in [-0.15, -0.1) is 0 Å². The molecule has 1 aliphatic carbocycles. The van der Waals surface area contributed by atoms with E-state index in [1.807, 2.05) is 31.4 Å². The number of aliphatic imine (C=N–C) groups is 1. The van der Waals surface area contributed by atoms with E-state index in [0.717, 1.165) is 17.0 Å². The fraction of sp³-hybridized carbons (Fsp3) is 0.0769. The molecular formula is C13H10N2. The molecule has 0 fully saturated rings. The monoisotopic (exact) mass is 194 g/mol. The van der Waals surface area contributed by atoms with Crippen LogP contribution in [0, 0.1) is 0 Å². The van der Waals surface area contributed by atoms with E-state index in [1.54, 1.807) is 0 Å². The number of rotatable bonds is 0. The Morgan fingerprint density at radius 3 is 2.47 bits per heavy atom. The van der Waals surface area contributed by atoms with E-state index in [0.29, 0.717) is 0 Å². The molecule has 0 bridgehead atoms. The summed E-state index contributed by atoms with van der Waals surface area (Å²) in [7, 11) is 1.83. The summed E-state index contributed by atoms with van der Waals surface area (Å²) in [6.45, 7) is 0. The maximum Gasteiger partial charge on any atom is 0.0802 e.